The Morgan fingerprint density at radius 1 is 1.10 bits per heavy atom. The third kappa shape index (κ3) is 5.65. The summed E-state index contributed by atoms with van der Waals surface area (Å²) in [5.74, 6) is 1.40. The molecule has 0 N–H and O–H groups in total. The molecule has 1 heterocycles. The van der Waals surface area contributed by atoms with Gasteiger partial charge in [0, 0.05) is 17.1 Å². The number of likely N-dealkylation sites (N-methyl/N-ethyl adjacent to an activating group) is 1. The van der Waals surface area contributed by atoms with Crippen molar-refractivity contribution in [1.29, 1.82) is 0 Å². The maximum Gasteiger partial charge on any atom is 0.265 e. The number of carbonyl (C=O) groups excluding carboxylic acids is 1. The molecule has 0 spiro atoms. The van der Waals surface area contributed by atoms with E-state index in [1.165, 1.54) is 22.2 Å². The van der Waals surface area contributed by atoms with Crippen LogP contribution in [0.15, 0.2) is 51.8 Å². The smallest absolute Gasteiger partial charge is 0.265 e. The number of thiocarbonyl (C=S) groups is 1. The molecule has 2 aromatic rings. The van der Waals surface area contributed by atoms with E-state index < -0.39 is 0 Å². The standard InChI is InChI=1S/C23H24BrNO3S2/c1-23(2,3)16-5-8-18(9-6-16)27-11-12-28-19-10-7-17(24)13-15(19)14-20-21(26)25(4)22(29)30-20/h5-10,13-14H,11-12H2,1-4H3/b20-14+. The predicted molar refractivity (Wildman–Crippen MR) is 131 cm³/mol. The van der Waals surface area contributed by atoms with E-state index in [1.807, 2.05) is 36.4 Å². The largest absolute Gasteiger partial charge is 0.490 e. The number of ether oxygens (including phenoxy) is 2. The molecule has 0 bridgehead atoms. The maximum absolute atomic E-state index is 12.3. The number of carbonyl (C=O) groups is 1. The molecule has 1 amide bonds. The second-order valence-electron chi connectivity index (χ2n) is 7.89. The second kappa shape index (κ2) is 9.54. The first-order valence-electron chi connectivity index (χ1n) is 9.52. The fourth-order valence-electron chi connectivity index (χ4n) is 2.81. The summed E-state index contributed by atoms with van der Waals surface area (Å²) in [6.45, 7) is 7.36. The van der Waals surface area contributed by atoms with Crippen LogP contribution in [-0.2, 0) is 10.2 Å². The van der Waals surface area contributed by atoms with Gasteiger partial charge < -0.3 is 9.47 Å². The molecule has 2 aromatic carbocycles. The van der Waals surface area contributed by atoms with E-state index in [-0.39, 0.29) is 11.3 Å². The number of hydrogen-bond acceptors (Lipinski definition) is 5. The summed E-state index contributed by atoms with van der Waals surface area (Å²) in [6.07, 6.45) is 1.81. The number of benzene rings is 2. The Morgan fingerprint density at radius 3 is 2.37 bits per heavy atom. The molecule has 4 nitrogen and oxygen atoms in total. The van der Waals surface area contributed by atoms with E-state index in [2.05, 4.69) is 48.8 Å². The van der Waals surface area contributed by atoms with Crippen LogP contribution in [0.3, 0.4) is 0 Å². The normalized spacial score (nSPS) is 15.8. The second-order valence-corrected chi connectivity index (χ2v) is 10.5. The van der Waals surface area contributed by atoms with Crippen LogP contribution in [-0.4, -0.2) is 35.4 Å². The Kier molecular flexibility index (Phi) is 7.26. The maximum atomic E-state index is 12.3. The van der Waals surface area contributed by atoms with Gasteiger partial charge in [0.15, 0.2) is 0 Å². The molecule has 1 aliphatic rings. The Morgan fingerprint density at radius 2 is 1.77 bits per heavy atom. The Hall–Kier alpha value is -1.83. The average Bonchev–Trinajstić information content (AvgIpc) is 2.93. The van der Waals surface area contributed by atoms with E-state index in [4.69, 9.17) is 21.7 Å². The Labute approximate surface area is 195 Å². The Balaban J connectivity index is 1.62. The summed E-state index contributed by atoms with van der Waals surface area (Å²) in [7, 11) is 1.68. The Bertz CT molecular complexity index is 981. The van der Waals surface area contributed by atoms with Gasteiger partial charge in [-0.15, -0.1) is 0 Å². The molecule has 0 radical (unpaired) electrons. The van der Waals surface area contributed by atoms with Gasteiger partial charge in [-0.05, 0) is 47.4 Å². The summed E-state index contributed by atoms with van der Waals surface area (Å²) in [5, 5.41) is 0. The van der Waals surface area contributed by atoms with E-state index in [9.17, 15) is 4.79 Å². The van der Waals surface area contributed by atoms with Crippen molar-refractivity contribution in [1.82, 2.24) is 4.90 Å². The SMILES string of the molecule is CN1C(=O)/C(=C\c2cc(Br)ccc2OCCOc2ccc(C(C)(C)C)cc2)SC1=S. The van der Waals surface area contributed by atoms with Gasteiger partial charge in [-0.1, -0.05) is 72.8 Å². The first kappa shape index (κ1) is 22.8. The van der Waals surface area contributed by atoms with Crippen molar-refractivity contribution < 1.29 is 14.3 Å². The van der Waals surface area contributed by atoms with Crippen LogP contribution >= 0.6 is 39.9 Å². The first-order chi connectivity index (χ1) is 14.1. The zero-order chi connectivity index (χ0) is 21.9. The summed E-state index contributed by atoms with van der Waals surface area (Å²) >= 11 is 9.97. The van der Waals surface area contributed by atoms with Gasteiger partial charge in [0.1, 0.15) is 29.0 Å². The highest BCUT2D eigenvalue weighted by Crippen LogP contribution is 2.34. The molecule has 1 fully saturated rings. The first-order valence-corrected chi connectivity index (χ1v) is 11.5. The predicted octanol–water partition coefficient (Wildman–Crippen LogP) is 6.04. The lowest BCUT2D eigenvalue weighted by molar-refractivity contribution is -0.121. The molecule has 1 saturated heterocycles. The summed E-state index contributed by atoms with van der Waals surface area (Å²) < 4.78 is 13.2. The van der Waals surface area contributed by atoms with Crippen LogP contribution in [0.4, 0.5) is 0 Å². The van der Waals surface area contributed by atoms with Crippen LogP contribution in [0.25, 0.3) is 6.08 Å². The lowest BCUT2D eigenvalue weighted by Crippen LogP contribution is -2.22. The van der Waals surface area contributed by atoms with Gasteiger partial charge in [-0.3, -0.25) is 9.69 Å². The zero-order valence-electron chi connectivity index (χ0n) is 17.4. The van der Waals surface area contributed by atoms with Crippen molar-refractivity contribution in [2.24, 2.45) is 0 Å². The monoisotopic (exact) mass is 505 g/mol. The van der Waals surface area contributed by atoms with E-state index in [0.29, 0.717) is 28.2 Å². The van der Waals surface area contributed by atoms with Crippen LogP contribution in [0.2, 0.25) is 0 Å². The fourth-order valence-corrected chi connectivity index (χ4v) is 4.36. The number of rotatable bonds is 6. The number of hydrogen-bond donors (Lipinski definition) is 0. The van der Waals surface area contributed by atoms with Crippen molar-refractivity contribution in [3.63, 3.8) is 0 Å². The number of thioether (sulfide) groups is 1. The minimum Gasteiger partial charge on any atom is -0.490 e. The molecular weight excluding hydrogens is 482 g/mol. The van der Waals surface area contributed by atoms with Crippen LogP contribution in [0.5, 0.6) is 11.5 Å². The third-order valence-electron chi connectivity index (χ3n) is 4.57. The molecule has 0 unspecified atom stereocenters. The topological polar surface area (TPSA) is 38.8 Å². The van der Waals surface area contributed by atoms with Crippen molar-refractivity contribution in [2.45, 2.75) is 26.2 Å². The molecular formula is C23H24BrNO3S2. The van der Waals surface area contributed by atoms with Gasteiger partial charge in [0.25, 0.3) is 5.91 Å². The molecule has 158 valence electrons. The highest BCUT2D eigenvalue weighted by atomic mass is 79.9. The third-order valence-corrected chi connectivity index (χ3v) is 6.55. The van der Waals surface area contributed by atoms with E-state index >= 15 is 0 Å². The number of nitrogens with zero attached hydrogens (tertiary/aromatic N) is 1. The van der Waals surface area contributed by atoms with Gasteiger partial charge >= 0.3 is 0 Å². The zero-order valence-corrected chi connectivity index (χ0v) is 20.6. The highest BCUT2D eigenvalue weighted by molar-refractivity contribution is 9.10. The van der Waals surface area contributed by atoms with Crippen molar-refractivity contribution in [3.05, 3.63) is 63.0 Å². The van der Waals surface area contributed by atoms with Crippen LogP contribution in [0, 0.1) is 0 Å². The molecule has 0 atom stereocenters. The van der Waals surface area contributed by atoms with E-state index in [1.54, 1.807) is 7.05 Å². The lowest BCUT2D eigenvalue weighted by atomic mass is 9.87. The van der Waals surface area contributed by atoms with Crippen molar-refractivity contribution in [2.75, 3.05) is 20.3 Å². The summed E-state index contributed by atoms with van der Waals surface area (Å²) in [5.41, 5.74) is 2.20. The minimum atomic E-state index is -0.0991. The van der Waals surface area contributed by atoms with Gasteiger partial charge in [-0.25, -0.2) is 0 Å². The molecule has 3 rings (SSSR count). The molecule has 1 aliphatic heterocycles. The summed E-state index contributed by atoms with van der Waals surface area (Å²) in [4.78, 5) is 14.4. The highest BCUT2D eigenvalue weighted by Gasteiger charge is 2.29. The lowest BCUT2D eigenvalue weighted by Gasteiger charge is -2.19. The number of halogens is 1. The van der Waals surface area contributed by atoms with Gasteiger partial charge in [0.2, 0.25) is 0 Å². The van der Waals surface area contributed by atoms with Crippen molar-refractivity contribution in [3.8, 4) is 11.5 Å². The molecule has 0 aliphatic carbocycles. The number of amides is 1. The van der Waals surface area contributed by atoms with Gasteiger partial charge in [-0.2, -0.15) is 0 Å². The molecule has 0 aromatic heterocycles. The van der Waals surface area contributed by atoms with Crippen LogP contribution < -0.4 is 9.47 Å². The minimum absolute atomic E-state index is 0.0991. The quantitative estimate of drug-likeness (QED) is 0.272. The molecule has 30 heavy (non-hydrogen) atoms. The van der Waals surface area contributed by atoms with E-state index in [0.717, 1.165) is 15.8 Å². The van der Waals surface area contributed by atoms with Crippen LogP contribution in [0.1, 0.15) is 31.9 Å². The average molecular weight is 506 g/mol. The fraction of sp³-hybridized carbons (Fsp3) is 0.304. The van der Waals surface area contributed by atoms with Gasteiger partial charge in [0.05, 0.1) is 4.91 Å². The summed E-state index contributed by atoms with van der Waals surface area (Å²) in [6, 6.07) is 13.9. The molecule has 7 heteroatoms. The molecule has 0 saturated carbocycles. The van der Waals surface area contributed by atoms with Crippen molar-refractivity contribution >= 4 is 56.2 Å².